The Kier molecular flexibility index (Phi) is 5.30. The van der Waals surface area contributed by atoms with Crippen molar-refractivity contribution in [3.05, 3.63) is 64.7 Å². The van der Waals surface area contributed by atoms with Crippen LogP contribution in [-0.4, -0.2) is 23.2 Å². The molecule has 1 N–H and O–H groups in total. The van der Waals surface area contributed by atoms with Crippen LogP contribution < -0.4 is 5.32 Å². The fourth-order valence-corrected chi connectivity index (χ4v) is 4.46. The minimum atomic E-state index is -0.0848. The fourth-order valence-electron chi connectivity index (χ4n) is 2.86. The highest BCUT2D eigenvalue weighted by atomic mass is 35.5. The van der Waals surface area contributed by atoms with Crippen LogP contribution in [0.5, 0.6) is 0 Å². The molecule has 1 aliphatic rings. The second-order valence-corrected chi connectivity index (χ2v) is 8.79. The molecule has 0 spiro atoms. The van der Waals surface area contributed by atoms with E-state index in [0.29, 0.717) is 11.6 Å². The van der Waals surface area contributed by atoms with Crippen LogP contribution in [0.15, 0.2) is 48.5 Å². The van der Waals surface area contributed by atoms with Gasteiger partial charge in [0.2, 0.25) is 0 Å². The van der Waals surface area contributed by atoms with Crippen molar-refractivity contribution in [2.45, 2.75) is 31.6 Å². The third kappa shape index (κ3) is 4.13. The summed E-state index contributed by atoms with van der Waals surface area (Å²) in [6.07, 6.45) is 0. The number of carbonyl (C=O) groups is 1. The fraction of sp³-hybridized carbons (Fsp3) is 0.350. The quantitative estimate of drug-likeness (QED) is 0.707. The summed E-state index contributed by atoms with van der Waals surface area (Å²) in [4.78, 5) is 14.6. The molecule has 0 aromatic heterocycles. The highest BCUT2D eigenvalue weighted by molar-refractivity contribution is 7.99. The van der Waals surface area contributed by atoms with Crippen LogP contribution in [0.25, 0.3) is 0 Å². The average Bonchev–Trinajstić information content (AvgIpc) is 3.04. The van der Waals surface area contributed by atoms with E-state index in [4.69, 9.17) is 11.6 Å². The number of anilines is 1. The molecule has 1 unspecified atom stereocenters. The van der Waals surface area contributed by atoms with Gasteiger partial charge in [-0.1, -0.05) is 62.7 Å². The van der Waals surface area contributed by atoms with Gasteiger partial charge in [0.25, 0.3) is 0 Å². The minimum Gasteiger partial charge on any atom is -0.308 e. The largest absolute Gasteiger partial charge is 0.323 e. The topological polar surface area (TPSA) is 32.3 Å². The maximum atomic E-state index is 12.7. The monoisotopic (exact) mass is 374 g/mol. The lowest BCUT2D eigenvalue weighted by atomic mass is 9.87. The number of hydrogen-bond donors (Lipinski definition) is 1. The maximum absolute atomic E-state index is 12.7. The van der Waals surface area contributed by atoms with E-state index in [9.17, 15) is 4.79 Å². The van der Waals surface area contributed by atoms with Gasteiger partial charge in [0, 0.05) is 28.6 Å². The van der Waals surface area contributed by atoms with Gasteiger partial charge in [-0.05, 0) is 29.2 Å². The summed E-state index contributed by atoms with van der Waals surface area (Å²) in [5.41, 5.74) is 3.15. The molecule has 0 aliphatic carbocycles. The van der Waals surface area contributed by atoms with E-state index in [-0.39, 0.29) is 16.8 Å². The zero-order chi connectivity index (χ0) is 18.0. The van der Waals surface area contributed by atoms with E-state index in [0.717, 1.165) is 17.0 Å². The first-order valence-electron chi connectivity index (χ1n) is 8.40. The van der Waals surface area contributed by atoms with Gasteiger partial charge in [-0.25, -0.2) is 4.79 Å². The second-order valence-electron chi connectivity index (χ2n) is 7.20. The van der Waals surface area contributed by atoms with E-state index in [1.165, 1.54) is 5.56 Å². The number of benzene rings is 2. The highest BCUT2D eigenvalue weighted by Gasteiger charge is 2.31. The van der Waals surface area contributed by atoms with Gasteiger partial charge in [0.1, 0.15) is 5.37 Å². The predicted molar refractivity (Wildman–Crippen MR) is 108 cm³/mol. The Bertz CT molecular complexity index is 755. The SMILES string of the molecule is CC(C)(C)c1ccc(NC(=O)N2CCSC2c2ccccc2Cl)cc1. The first-order chi connectivity index (χ1) is 11.9. The number of halogens is 1. The molecule has 0 saturated carbocycles. The van der Waals surface area contributed by atoms with Crippen LogP contribution in [0, 0.1) is 0 Å². The summed E-state index contributed by atoms with van der Waals surface area (Å²) in [7, 11) is 0. The van der Waals surface area contributed by atoms with Crippen LogP contribution in [0.2, 0.25) is 5.02 Å². The molecule has 0 bridgehead atoms. The van der Waals surface area contributed by atoms with Crippen molar-refractivity contribution >= 4 is 35.1 Å². The van der Waals surface area contributed by atoms with Crippen molar-refractivity contribution in [2.24, 2.45) is 0 Å². The lowest BCUT2D eigenvalue weighted by Gasteiger charge is -2.25. The Morgan fingerprint density at radius 2 is 1.84 bits per heavy atom. The van der Waals surface area contributed by atoms with Gasteiger partial charge in [-0.2, -0.15) is 0 Å². The molecule has 3 nitrogen and oxygen atoms in total. The number of urea groups is 1. The van der Waals surface area contributed by atoms with Crippen molar-refractivity contribution in [2.75, 3.05) is 17.6 Å². The molecule has 132 valence electrons. The van der Waals surface area contributed by atoms with Crippen molar-refractivity contribution < 1.29 is 4.79 Å². The third-order valence-corrected chi connectivity index (χ3v) is 5.91. The van der Waals surface area contributed by atoms with Crippen LogP contribution in [0.3, 0.4) is 0 Å². The minimum absolute atomic E-state index is 0.0393. The summed E-state index contributed by atoms with van der Waals surface area (Å²) in [5.74, 6) is 0.909. The molecule has 25 heavy (non-hydrogen) atoms. The molecular formula is C20H23ClN2OS. The lowest BCUT2D eigenvalue weighted by Crippen LogP contribution is -2.34. The van der Waals surface area contributed by atoms with E-state index >= 15 is 0 Å². The van der Waals surface area contributed by atoms with Gasteiger partial charge < -0.3 is 10.2 Å². The number of nitrogens with one attached hydrogen (secondary N) is 1. The summed E-state index contributed by atoms with van der Waals surface area (Å²) in [5, 5.41) is 3.68. The smallest absolute Gasteiger partial charge is 0.308 e. The van der Waals surface area contributed by atoms with E-state index in [1.807, 2.05) is 41.3 Å². The zero-order valence-electron chi connectivity index (χ0n) is 14.8. The van der Waals surface area contributed by atoms with Gasteiger partial charge >= 0.3 is 6.03 Å². The molecule has 1 saturated heterocycles. The number of carbonyl (C=O) groups excluding carboxylic acids is 1. The normalized spacial score (nSPS) is 17.6. The van der Waals surface area contributed by atoms with Gasteiger partial charge in [0.05, 0.1) is 0 Å². The van der Waals surface area contributed by atoms with Crippen LogP contribution in [-0.2, 0) is 5.41 Å². The molecule has 3 rings (SSSR count). The molecule has 1 fully saturated rings. The Labute approximate surface area is 158 Å². The van der Waals surface area contributed by atoms with E-state index < -0.39 is 0 Å². The highest BCUT2D eigenvalue weighted by Crippen LogP contribution is 2.41. The van der Waals surface area contributed by atoms with Crippen molar-refractivity contribution in [3.63, 3.8) is 0 Å². The molecule has 2 aromatic rings. The molecule has 0 radical (unpaired) electrons. The molecule has 1 atom stereocenters. The van der Waals surface area contributed by atoms with Crippen molar-refractivity contribution in [3.8, 4) is 0 Å². The molecular weight excluding hydrogens is 352 g/mol. The molecule has 2 aromatic carbocycles. The van der Waals surface area contributed by atoms with Crippen molar-refractivity contribution in [1.82, 2.24) is 4.90 Å². The number of thioether (sulfide) groups is 1. The molecule has 2 amide bonds. The van der Waals surface area contributed by atoms with Gasteiger partial charge in [-0.15, -0.1) is 11.8 Å². The van der Waals surface area contributed by atoms with Crippen LogP contribution >= 0.6 is 23.4 Å². The number of rotatable bonds is 2. The van der Waals surface area contributed by atoms with Crippen molar-refractivity contribution in [1.29, 1.82) is 0 Å². The maximum Gasteiger partial charge on any atom is 0.323 e. The Balaban J connectivity index is 1.73. The molecule has 1 heterocycles. The summed E-state index contributed by atoms with van der Waals surface area (Å²) in [6.45, 7) is 7.25. The zero-order valence-corrected chi connectivity index (χ0v) is 16.3. The lowest BCUT2D eigenvalue weighted by molar-refractivity contribution is 0.214. The van der Waals surface area contributed by atoms with E-state index in [2.05, 4.69) is 38.2 Å². The summed E-state index contributed by atoms with van der Waals surface area (Å²) >= 11 is 8.07. The molecule has 1 aliphatic heterocycles. The van der Waals surface area contributed by atoms with Crippen LogP contribution in [0.1, 0.15) is 37.3 Å². The number of amides is 2. The summed E-state index contributed by atoms with van der Waals surface area (Å²) in [6, 6.07) is 15.7. The van der Waals surface area contributed by atoms with Gasteiger partial charge in [-0.3, -0.25) is 0 Å². The second kappa shape index (κ2) is 7.30. The standard InChI is InChI=1S/C20H23ClN2OS/c1-20(2,3)14-8-10-15(11-9-14)22-19(24)23-12-13-25-18(23)16-6-4-5-7-17(16)21/h4-11,18H,12-13H2,1-3H3,(H,22,24). The van der Waals surface area contributed by atoms with E-state index in [1.54, 1.807) is 11.8 Å². The Hall–Kier alpha value is -1.65. The first-order valence-corrected chi connectivity index (χ1v) is 9.83. The number of hydrogen-bond acceptors (Lipinski definition) is 2. The third-order valence-electron chi connectivity index (χ3n) is 4.33. The Morgan fingerprint density at radius 1 is 1.16 bits per heavy atom. The molecule has 5 heteroatoms. The van der Waals surface area contributed by atoms with Gasteiger partial charge in [0.15, 0.2) is 0 Å². The van der Waals surface area contributed by atoms with Crippen LogP contribution in [0.4, 0.5) is 10.5 Å². The summed E-state index contributed by atoms with van der Waals surface area (Å²) < 4.78 is 0. The average molecular weight is 375 g/mol. The predicted octanol–water partition coefficient (Wildman–Crippen LogP) is 5.92. The number of nitrogens with zero attached hydrogens (tertiary/aromatic N) is 1. The Morgan fingerprint density at radius 3 is 2.48 bits per heavy atom. The first kappa shape index (κ1) is 18.2.